The number of aliphatic carboxylic acids is 1. The lowest BCUT2D eigenvalue weighted by molar-refractivity contribution is -0.137. The zero-order valence-corrected chi connectivity index (χ0v) is 10.6. The summed E-state index contributed by atoms with van der Waals surface area (Å²) in [5, 5.41) is 18.1. The molecule has 0 bridgehead atoms. The van der Waals surface area contributed by atoms with Crippen molar-refractivity contribution in [1.82, 2.24) is 20.3 Å². The Labute approximate surface area is 106 Å². The number of hydrogen-bond donors (Lipinski definition) is 2. The van der Waals surface area contributed by atoms with Gasteiger partial charge in [0.15, 0.2) is 5.69 Å². The fourth-order valence-electron chi connectivity index (χ4n) is 1.13. The van der Waals surface area contributed by atoms with Crippen LogP contribution in [0.3, 0.4) is 0 Å². The van der Waals surface area contributed by atoms with Crippen molar-refractivity contribution in [3.63, 3.8) is 0 Å². The molecule has 9 heteroatoms. The maximum atomic E-state index is 11.5. The number of carbonyl (C=O) groups excluding carboxylic acids is 1. The highest BCUT2D eigenvalue weighted by atomic mass is 32.2. The number of rotatable bonds is 7. The SMILES string of the molecule is CCS(=O)CCNC(=O)c1cn(CC(=O)O)nn1. The summed E-state index contributed by atoms with van der Waals surface area (Å²) in [7, 11) is -0.936. The Balaban J connectivity index is 2.44. The normalized spacial score (nSPS) is 12.1. The van der Waals surface area contributed by atoms with Gasteiger partial charge in [-0.25, -0.2) is 4.68 Å². The van der Waals surface area contributed by atoms with Gasteiger partial charge < -0.3 is 10.4 Å². The number of nitrogens with zero attached hydrogens (tertiary/aromatic N) is 3. The number of carboxylic acids is 1. The van der Waals surface area contributed by atoms with Crippen LogP contribution in [0, 0.1) is 0 Å². The highest BCUT2D eigenvalue weighted by molar-refractivity contribution is 7.84. The van der Waals surface area contributed by atoms with Crippen molar-refractivity contribution in [2.24, 2.45) is 0 Å². The Kier molecular flexibility index (Phi) is 5.43. The minimum Gasteiger partial charge on any atom is -0.480 e. The van der Waals surface area contributed by atoms with Gasteiger partial charge in [-0.2, -0.15) is 0 Å². The van der Waals surface area contributed by atoms with Crippen LogP contribution in [-0.4, -0.2) is 54.2 Å². The molecule has 0 saturated carbocycles. The zero-order chi connectivity index (χ0) is 13.5. The summed E-state index contributed by atoms with van der Waals surface area (Å²) in [6.45, 7) is 1.74. The molecule has 1 atom stereocenters. The van der Waals surface area contributed by atoms with Crippen LogP contribution < -0.4 is 5.32 Å². The standard InChI is InChI=1S/C9H14N4O4S/c1-2-18(17)4-3-10-9(16)7-5-13(12-11-7)6-8(14)15/h5H,2-4,6H2,1H3,(H,10,16)(H,14,15). The van der Waals surface area contributed by atoms with E-state index in [4.69, 9.17) is 5.11 Å². The van der Waals surface area contributed by atoms with E-state index in [0.717, 1.165) is 4.68 Å². The van der Waals surface area contributed by atoms with E-state index in [2.05, 4.69) is 15.6 Å². The molecule has 1 heterocycles. The number of nitrogens with one attached hydrogen (secondary N) is 1. The van der Waals surface area contributed by atoms with E-state index >= 15 is 0 Å². The third-order valence-electron chi connectivity index (χ3n) is 2.01. The van der Waals surface area contributed by atoms with Crippen LogP contribution in [0.15, 0.2) is 6.20 Å². The lowest BCUT2D eigenvalue weighted by Crippen LogP contribution is -2.28. The number of aromatic nitrogens is 3. The molecule has 1 aromatic rings. The first-order valence-corrected chi connectivity index (χ1v) is 6.76. The monoisotopic (exact) mass is 274 g/mol. The third kappa shape index (κ3) is 4.62. The van der Waals surface area contributed by atoms with E-state index in [-0.39, 0.29) is 18.8 Å². The van der Waals surface area contributed by atoms with E-state index in [1.165, 1.54) is 6.20 Å². The lowest BCUT2D eigenvalue weighted by Gasteiger charge is -2.01. The predicted molar refractivity (Wildman–Crippen MR) is 63.5 cm³/mol. The highest BCUT2D eigenvalue weighted by Crippen LogP contribution is 1.93. The van der Waals surface area contributed by atoms with Crippen LogP contribution in [0.4, 0.5) is 0 Å². The van der Waals surface area contributed by atoms with E-state index in [1.807, 2.05) is 0 Å². The second-order valence-corrected chi connectivity index (χ2v) is 5.25. The van der Waals surface area contributed by atoms with Crippen molar-refractivity contribution in [3.05, 3.63) is 11.9 Å². The number of carboxylic acid groups (broad SMARTS) is 1. The van der Waals surface area contributed by atoms with Gasteiger partial charge in [0.1, 0.15) is 6.54 Å². The first-order valence-electron chi connectivity index (χ1n) is 5.28. The van der Waals surface area contributed by atoms with Gasteiger partial charge in [-0.1, -0.05) is 12.1 Å². The summed E-state index contributed by atoms with van der Waals surface area (Å²) >= 11 is 0. The molecule has 0 aliphatic carbocycles. The molecule has 100 valence electrons. The second kappa shape index (κ2) is 6.84. The quantitative estimate of drug-likeness (QED) is 0.649. The van der Waals surface area contributed by atoms with Gasteiger partial charge in [-0.15, -0.1) is 5.10 Å². The van der Waals surface area contributed by atoms with Crippen LogP contribution in [0.5, 0.6) is 0 Å². The van der Waals surface area contributed by atoms with Crippen LogP contribution in [-0.2, 0) is 22.1 Å². The average molecular weight is 274 g/mol. The fraction of sp³-hybridized carbons (Fsp3) is 0.556. The summed E-state index contributed by atoms with van der Waals surface area (Å²) in [6, 6.07) is 0. The van der Waals surface area contributed by atoms with E-state index in [0.29, 0.717) is 11.5 Å². The molecule has 8 nitrogen and oxygen atoms in total. The van der Waals surface area contributed by atoms with Crippen molar-refractivity contribution < 1.29 is 18.9 Å². The molecular weight excluding hydrogens is 260 g/mol. The van der Waals surface area contributed by atoms with Gasteiger partial charge in [0.25, 0.3) is 5.91 Å². The zero-order valence-electron chi connectivity index (χ0n) is 9.83. The van der Waals surface area contributed by atoms with Crippen molar-refractivity contribution in [2.75, 3.05) is 18.1 Å². The maximum absolute atomic E-state index is 11.5. The molecule has 18 heavy (non-hydrogen) atoms. The molecule has 0 fully saturated rings. The van der Waals surface area contributed by atoms with Crippen LogP contribution in [0.2, 0.25) is 0 Å². The van der Waals surface area contributed by atoms with Gasteiger partial charge in [0.2, 0.25) is 0 Å². The summed E-state index contributed by atoms with van der Waals surface area (Å²) in [5.74, 6) is -0.596. The Morgan fingerprint density at radius 1 is 1.56 bits per heavy atom. The molecular formula is C9H14N4O4S. The summed E-state index contributed by atoms with van der Waals surface area (Å²) in [6.07, 6.45) is 1.25. The third-order valence-corrected chi connectivity index (χ3v) is 3.31. The number of carbonyl (C=O) groups is 2. The maximum Gasteiger partial charge on any atom is 0.325 e. The van der Waals surface area contributed by atoms with Gasteiger partial charge in [-0.3, -0.25) is 13.8 Å². The summed E-state index contributed by atoms with van der Waals surface area (Å²) < 4.78 is 12.2. The van der Waals surface area contributed by atoms with Crippen LogP contribution in [0.1, 0.15) is 17.4 Å². The van der Waals surface area contributed by atoms with Crippen molar-refractivity contribution in [1.29, 1.82) is 0 Å². The molecule has 0 spiro atoms. The van der Waals surface area contributed by atoms with Gasteiger partial charge in [-0.05, 0) is 0 Å². The minimum absolute atomic E-state index is 0.0403. The Bertz CT molecular complexity index is 459. The number of hydrogen-bond acceptors (Lipinski definition) is 5. The van der Waals surface area contributed by atoms with E-state index < -0.39 is 22.7 Å². The van der Waals surface area contributed by atoms with Gasteiger partial charge in [0, 0.05) is 28.9 Å². The van der Waals surface area contributed by atoms with Crippen molar-refractivity contribution in [2.45, 2.75) is 13.5 Å². The second-order valence-electron chi connectivity index (χ2n) is 3.38. The average Bonchev–Trinajstić information content (AvgIpc) is 2.76. The summed E-state index contributed by atoms with van der Waals surface area (Å²) in [4.78, 5) is 21.9. The van der Waals surface area contributed by atoms with Crippen LogP contribution in [0.25, 0.3) is 0 Å². The number of amides is 1. The first kappa shape index (κ1) is 14.3. The molecule has 1 rings (SSSR count). The Morgan fingerprint density at radius 2 is 2.28 bits per heavy atom. The molecule has 0 aliphatic rings. The van der Waals surface area contributed by atoms with Crippen molar-refractivity contribution in [3.8, 4) is 0 Å². The molecule has 0 radical (unpaired) electrons. The lowest BCUT2D eigenvalue weighted by atomic mass is 10.4. The fourth-order valence-corrected chi connectivity index (χ4v) is 1.75. The molecule has 2 N–H and O–H groups in total. The molecule has 1 amide bonds. The van der Waals surface area contributed by atoms with Crippen molar-refractivity contribution >= 4 is 22.7 Å². The minimum atomic E-state index is -1.06. The van der Waals surface area contributed by atoms with E-state index in [1.54, 1.807) is 6.92 Å². The molecule has 0 saturated heterocycles. The molecule has 0 aromatic carbocycles. The Morgan fingerprint density at radius 3 is 2.89 bits per heavy atom. The summed E-state index contributed by atoms with van der Waals surface area (Å²) in [5.41, 5.74) is 0.0403. The van der Waals surface area contributed by atoms with E-state index in [9.17, 15) is 13.8 Å². The largest absolute Gasteiger partial charge is 0.480 e. The Hall–Kier alpha value is -1.77. The topological polar surface area (TPSA) is 114 Å². The van der Waals surface area contributed by atoms with Crippen LogP contribution >= 0.6 is 0 Å². The van der Waals surface area contributed by atoms with Gasteiger partial charge >= 0.3 is 5.97 Å². The molecule has 1 aromatic heterocycles. The highest BCUT2D eigenvalue weighted by Gasteiger charge is 2.11. The predicted octanol–water partition coefficient (Wildman–Crippen LogP) is -1.14. The van der Waals surface area contributed by atoms with Gasteiger partial charge in [0.05, 0.1) is 6.20 Å². The first-order chi connectivity index (χ1) is 8.52. The molecule has 0 aliphatic heterocycles. The smallest absolute Gasteiger partial charge is 0.325 e. The molecule has 1 unspecified atom stereocenters.